The highest BCUT2D eigenvalue weighted by Crippen LogP contribution is 2.75. The van der Waals surface area contributed by atoms with Gasteiger partial charge in [0.15, 0.2) is 0 Å². The molecule has 238 valence electrons. The highest BCUT2D eigenvalue weighted by Gasteiger charge is 2.68. The van der Waals surface area contributed by atoms with E-state index in [-0.39, 0.29) is 0 Å². The van der Waals surface area contributed by atoms with E-state index < -0.39 is 0 Å². The predicted octanol–water partition coefficient (Wildman–Crippen LogP) is 12.4. The van der Waals surface area contributed by atoms with E-state index in [1.807, 2.05) is 0 Å². The number of rotatable bonds is 5. The van der Waals surface area contributed by atoms with Gasteiger partial charge in [-0.15, -0.1) is 0 Å². The Balaban J connectivity index is 1.42. The molecule has 0 nitrogen and oxygen atoms in total. The van der Waals surface area contributed by atoms with Crippen molar-refractivity contribution in [2.75, 3.05) is 0 Å². The summed E-state index contributed by atoms with van der Waals surface area (Å²) in [6, 6.07) is 0. The zero-order chi connectivity index (χ0) is 30.2. The average molecular weight is 567 g/mol. The summed E-state index contributed by atoms with van der Waals surface area (Å²) in [6.45, 7) is 34.5. The molecule has 41 heavy (non-hydrogen) atoms. The number of fused-ring (bicyclic) bond motifs is 3. The summed E-state index contributed by atoms with van der Waals surface area (Å²) in [5.74, 6) is 13.7. The molecule has 5 fully saturated rings. The summed E-state index contributed by atoms with van der Waals surface area (Å²) in [6.07, 6.45) is 15.1. The van der Waals surface area contributed by atoms with Crippen molar-refractivity contribution >= 4 is 0 Å². The first kappa shape index (κ1) is 32.4. The number of hydrogen-bond acceptors (Lipinski definition) is 0. The molecule has 0 N–H and O–H groups in total. The molecule has 5 aliphatic carbocycles. The Labute approximate surface area is 258 Å². The topological polar surface area (TPSA) is 0 Å². The first-order valence-corrected chi connectivity index (χ1v) is 19.1. The van der Waals surface area contributed by atoms with E-state index in [1.165, 1.54) is 38.5 Å². The van der Waals surface area contributed by atoms with Crippen molar-refractivity contribution in [3.63, 3.8) is 0 Å². The summed E-state index contributed by atoms with van der Waals surface area (Å²) in [4.78, 5) is 0. The van der Waals surface area contributed by atoms with E-state index in [0.717, 1.165) is 88.8 Å². The minimum atomic E-state index is 0.460. The van der Waals surface area contributed by atoms with Gasteiger partial charge in [0, 0.05) is 0 Å². The lowest BCUT2D eigenvalue weighted by atomic mass is 9.31. The number of hydrogen-bond donors (Lipinski definition) is 0. The van der Waals surface area contributed by atoms with Gasteiger partial charge in [-0.1, -0.05) is 103 Å². The Kier molecular flexibility index (Phi) is 9.02. The van der Waals surface area contributed by atoms with Crippen molar-refractivity contribution in [2.45, 2.75) is 154 Å². The van der Waals surface area contributed by atoms with Gasteiger partial charge in [0.1, 0.15) is 0 Å². The molecular weight excluding hydrogens is 492 g/mol. The van der Waals surface area contributed by atoms with E-state index in [2.05, 4.69) is 90.0 Å². The van der Waals surface area contributed by atoms with E-state index in [9.17, 15) is 0 Å². The van der Waals surface area contributed by atoms with Crippen LogP contribution in [-0.2, 0) is 0 Å². The van der Waals surface area contributed by atoms with Gasteiger partial charge >= 0.3 is 0 Å². The van der Waals surface area contributed by atoms with Crippen molar-refractivity contribution < 1.29 is 0 Å². The lowest BCUT2D eigenvalue weighted by molar-refractivity contribution is -0.249. The normalized spacial score (nSPS) is 55.5. The average Bonchev–Trinajstić information content (AvgIpc) is 2.89. The van der Waals surface area contributed by atoms with Gasteiger partial charge in [0.05, 0.1) is 0 Å². The SMILES string of the molecule is CCC(C)C(C)C1CCC(C2CCC(C)C3C(C)C4C(C)C5(C)C(C)C(C(C)C)C(C)CC5(C)CC4(C)CC23)CC1. The summed E-state index contributed by atoms with van der Waals surface area (Å²) in [7, 11) is 0. The molecule has 5 saturated carbocycles. The molecule has 0 aliphatic heterocycles. The van der Waals surface area contributed by atoms with Crippen LogP contribution in [-0.4, -0.2) is 0 Å². The van der Waals surface area contributed by atoms with Crippen LogP contribution in [0.5, 0.6) is 0 Å². The Hall–Kier alpha value is 0. The van der Waals surface area contributed by atoms with Crippen LogP contribution in [0.25, 0.3) is 0 Å². The van der Waals surface area contributed by atoms with Crippen molar-refractivity contribution in [3.05, 3.63) is 0 Å². The summed E-state index contributed by atoms with van der Waals surface area (Å²) < 4.78 is 0. The van der Waals surface area contributed by atoms with Crippen LogP contribution in [0.15, 0.2) is 0 Å². The molecule has 0 spiro atoms. The molecule has 0 aromatic heterocycles. The second-order valence-electron chi connectivity index (χ2n) is 19.2. The fourth-order valence-electron chi connectivity index (χ4n) is 15.3. The van der Waals surface area contributed by atoms with Crippen molar-refractivity contribution in [1.29, 1.82) is 0 Å². The van der Waals surface area contributed by atoms with Gasteiger partial charge in [-0.25, -0.2) is 0 Å². The summed E-state index contributed by atoms with van der Waals surface area (Å²) in [5, 5.41) is 0. The minimum Gasteiger partial charge on any atom is -0.0651 e. The Morgan fingerprint density at radius 1 is 0.707 bits per heavy atom. The van der Waals surface area contributed by atoms with E-state index >= 15 is 0 Å². The first-order valence-electron chi connectivity index (χ1n) is 19.1. The zero-order valence-corrected chi connectivity index (χ0v) is 30.2. The van der Waals surface area contributed by atoms with Crippen molar-refractivity contribution in [2.24, 2.45) is 105 Å². The maximum atomic E-state index is 2.83. The molecule has 15 unspecified atom stereocenters. The Morgan fingerprint density at radius 2 is 1.34 bits per heavy atom. The van der Waals surface area contributed by atoms with Gasteiger partial charge in [-0.05, 0) is 156 Å². The van der Waals surface area contributed by atoms with Gasteiger partial charge in [0.2, 0.25) is 0 Å². The molecule has 0 bridgehead atoms. The Bertz CT molecular complexity index is 894. The van der Waals surface area contributed by atoms with Crippen LogP contribution in [0.1, 0.15) is 154 Å². The summed E-state index contributed by atoms with van der Waals surface area (Å²) >= 11 is 0. The van der Waals surface area contributed by atoms with E-state index in [1.54, 1.807) is 25.7 Å². The highest BCUT2D eigenvalue weighted by atomic mass is 14.7. The minimum absolute atomic E-state index is 0.460. The second-order valence-corrected chi connectivity index (χ2v) is 19.2. The molecular formula is C41H74. The van der Waals surface area contributed by atoms with Crippen LogP contribution in [0, 0.1) is 105 Å². The standard InChI is InChI=1S/C41H74/c1-14-25(4)28(7)32-16-18-33(19-17-32)34-20-15-26(5)37-29(8)38-31(10)41(13)30(9)36(24(2)3)27(6)21-40(41,12)23-39(38,11)22-35(34)37/h24-38H,14-23H2,1-13H3. The maximum absolute atomic E-state index is 2.83. The fourth-order valence-corrected chi connectivity index (χ4v) is 15.3. The predicted molar refractivity (Wildman–Crippen MR) is 180 cm³/mol. The quantitative estimate of drug-likeness (QED) is 0.310. The molecule has 5 aliphatic rings. The van der Waals surface area contributed by atoms with Crippen molar-refractivity contribution in [1.82, 2.24) is 0 Å². The molecule has 0 aromatic carbocycles. The highest BCUT2D eigenvalue weighted by molar-refractivity contribution is 5.17. The molecule has 5 rings (SSSR count). The lowest BCUT2D eigenvalue weighted by Gasteiger charge is -2.73. The van der Waals surface area contributed by atoms with Crippen LogP contribution in [0.4, 0.5) is 0 Å². The Morgan fingerprint density at radius 3 is 1.93 bits per heavy atom. The van der Waals surface area contributed by atoms with Crippen LogP contribution < -0.4 is 0 Å². The van der Waals surface area contributed by atoms with Gasteiger partial charge < -0.3 is 0 Å². The zero-order valence-electron chi connectivity index (χ0n) is 30.2. The monoisotopic (exact) mass is 567 g/mol. The smallest absolute Gasteiger partial charge is 0.0215 e. The molecule has 0 heterocycles. The summed E-state index contributed by atoms with van der Waals surface area (Å²) in [5.41, 5.74) is 1.46. The first-order chi connectivity index (χ1) is 19.1. The van der Waals surface area contributed by atoms with Gasteiger partial charge in [0.25, 0.3) is 0 Å². The van der Waals surface area contributed by atoms with Crippen LogP contribution in [0.2, 0.25) is 0 Å². The van der Waals surface area contributed by atoms with Gasteiger partial charge in [-0.2, -0.15) is 0 Å². The molecule has 0 amide bonds. The van der Waals surface area contributed by atoms with Gasteiger partial charge in [-0.3, -0.25) is 0 Å². The largest absolute Gasteiger partial charge is 0.0651 e. The van der Waals surface area contributed by atoms with E-state index in [0.29, 0.717) is 16.2 Å². The van der Waals surface area contributed by atoms with Crippen LogP contribution >= 0.6 is 0 Å². The van der Waals surface area contributed by atoms with Crippen LogP contribution in [0.3, 0.4) is 0 Å². The second kappa shape index (κ2) is 11.4. The molecule has 0 radical (unpaired) electrons. The lowest BCUT2D eigenvalue weighted by Crippen LogP contribution is -2.67. The fraction of sp³-hybridized carbons (Fsp3) is 1.00. The third kappa shape index (κ3) is 4.95. The third-order valence-corrected chi connectivity index (χ3v) is 17.3. The molecule has 0 saturated heterocycles. The third-order valence-electron chi connectivity index (χ3n) is 17.3. The molecule has 15 atom stereocenters. The van der Waals surface area contributed by atoms with E-state index in [4.69, 9.17) is 0 Å². The van der Waals surface area contributed by atoms with Crippen molar-refractivity contribution in [3.8, 4) is 0 Å². The maximum Gasteiger partial charge on any atom is -0.0215 e. The molecule has 0 aromatic rings. The molecule has 0 heteroatoms.